The molecule has 6 unspecified atom stereocenters. The van der Waals surface area contributed by atoms with Crippen molar-refractivity contribution >= 4 is 40.9 Å². The summed E-state index contributed by atoms with van der Waals surface area (Å²) in [6.07, 6.45) is 8.52. The molecule has 0 saturated heterocycles. The third kappa shape index (κ3) is 68.0. The van der Waals surface area contributed by atoms with Crippen LogP contribution in [0.3, 0.4) is 0 Å². The number of methoxy groups -OCH3 is 4. The molecule has 0 aliphatic carbocycles. The molecular weight excluding hydrogens is 1680 g/mol. The summed E-state index contributed by atoms with van der Waals surface area (Å²) in [6.45, 7) is 45.6. The Morgan fingerprint density at radius 2 is 0.395 bits per heavy atom. The maximum absolute atomic E-state index is 11.7. The van der Waals surface area contributed by atoms with Gasteiger partial charge in [0.15, 0.2) is 0 Å². The number of ketones is 3. The van der Waals surface area contributed by atoms with Gasteiger partial charge in [-0.15, -0.1) is 0 Å². The lowest BCUT2D eigenvalue weighted by Gasteiger charge is -2.11. The largest absolute Gasteiger partial charge is 0.493 e. The number of benzene rings is 6. The zero-order valence-corrected chi connectivity index (χ0v) is 83.9. The lowest BCUT2D eigenvalue weighted by molar-refractivity contribution is -0.121. The van der Waals surface area contributed by atoms with Crippen LogP contribution in [-0.4, -0.2) is 254 Å². The van der Waals surface area contributed by atoms with E-state index in [1.54, 1.807) is 35.4 Å². The Kier molecular flexibility index (Phi) is 79.7. The van der Waals surface area contributed by atoms with E-state index in [9.17, 15) is 14.4 Å². The van der Waals surface area contributed by atoms with Crippen LogP contribution in [0, 0.1) is 0 Å². The van der Waals surface area contributed by atoms with Gasteiger partial charge in [0.2, 0.25) is 0 Å². The highest BCUT2D eigenvalue weighted by atomic mass is 32.2. The molecule has 0 N–H and O–H groups in total. The third-order valence-electron chi connectivity index (χ3n) is 20.8. The van der Waals surface area contributed by atoms with Gasteiger partial charge < -0.3 is 90.0 Å². The van der Waals surface area contributed by atoms with Gasteiger partial charge in [-0.25, -0.2) is 0 Å². The van der Waals surface area contributed by atoms with Crippen molar-refractivity contribution in [3.8, 4) is 34.5 Å². The summed E-state index contributed by atoms with van der Waals surface area (Å²) in [7, 11) is 6.73. The quantitative estimate of drug-likeness (QED) is 0.0323. The van der Waals surface area contributed by atoms with Gasteiger partial charge in [-0.3, -0.25) is 14.4 Å². The summed E-state index contributed by atoms with van der Waals surface area (Å²) in [4.78, 5) is 33.1. The number of carbonyl (C=O) groups excluding carboxylic acids is 3. The maximum atomic E-state index is 11.7. The van der Waals surface area contributed by atoms with Crippen LogP contribution in [0.2, 0.25) is 0 Å². The van der Waals surface area contributed by atoms with Gasteiger partial charge in [-0.1, -0.05) is 156 Å². The fraction of sp³-hybridized carbons (Fsp3) is 0.629. The fourth-order valence-electron chi connectivity index (χ4n) is 11.2. The number of hydrogen-bond donors (Lipinski definition) is 0. The minimum atomic E-state index is 0.101. The van der Waals surface area contributed by atoms with E-state index >= 15 is 0 Å². The van der Waals surface area contributed by atoms with Crippen LogP contribution in [0.4, 0.5) is 0 Å². The van der Waals surface area contributed by atoms with Crippen LogP contribution >= 0.6 is 23.5 Å². The first-order valence-electron chi connectivity index (χ1n) is 46.9. The molecule has 6 aromatic carbocycles. The molecule has 0 aliphatic rings. The van der Waals surface area contributed by atoms with E-state index < -0.39 is 0 Å². The van der Waals surface area contributed by atoms with Crippen LogP contribution < -0.4 is 28.4 Å². The first-order chi connectivity index (χ1) is 62.8. The summed E-state index contributed by atoms with van der Waals surface area (Å²) in [5.41, 5.74) is 8.11. The molecule has 0 aliphatic heterocycles. The summed E-state index contributed by atoms with van der Waals surface area (Å²) in [5, 5.41) is 0. The normalized spacial score (nSPS) is 12.2. The molecule has 0 heterocycles. The van der Waals surface area contributed by atoms with Crippen molar-refractivity contribution in [2.45, 2.75) is 197 Å². The molecule has 6 rings (SSSR count). The van der Waals surface area contributed by atoms with E-state index in [1.165, 1.54) is 58.2 Å². The molecule has 24 heteroatoms. The van der Waals surface area contributed by atoms with Gasteiger partial charge in [0.25, 0.3) is 0 Å². The number of thioether (sulfide) groups is 2. The second-order valence-electron chi connectivity index (χ2n) is 31.0. The average molecular weight is 1850 g/mol. The molecule has 732 valence electrons. The Hall–Kier alpha value is -6.69. The van der Waals surface area contributed by atoms with E-state index in [4.69, 9.17) is 90.0 Å². The van der Waals surface area contributed by atoms with Gasteiger partial charge in [0.1, 0.15) is 78.3 Å². The molecule has 0 aromatic heterocycles. The molecule has 129 heavy (non-hydrogen) atoms. The summed E-state index contributed by atoms with van der Waals surface area (Å²) in [5.74, 6) is 13.8. The highest BCUT2D eigenvalue weighted by Gasteiger charge is 2.11. The lowest BCUT2D eigenvalue weighted by Crippen LogP contribution is -2.13. The smallest absolute Gasteiger partial charge is 0.138 e. The predicted molar refractivity (Wildman–Crippen MR) is 528 cm³/mol. The van der Waals surface area contributed by atoms with Crippen molar-refractivity contribution in [2.24, 2.45) is 0 Å². The molecular formula is C105H168O22S2. The predicted octanol–water partition coefficient (Wildman–Crippen LogP) is 22.0. The van der Waals surface area contributed by atoms with E-state index in [0.717, 1.165) is 91.3 Å². The molecule has 0 radical (unpaired) electrons. The molecule has 0 fully saturated rings. The Labute approximate surface area is 787 Å². The number of carbonyl (C=O) groups is 3. The van der Waals surface area contributed by atoms with Crippen LogP contribution in [0.5, 0.6) is 34.5 Å². The minimum Gasteiger partial charge on any atom is -0.493 e. The molecule has 0 spiro atoms. The molecule has 6 atom stereocenters. The zero-order chi connectivity index (χ0) is 94.6. The van der Waals surface area contributed by atoms with Crippen LogP contribution in [-0.2, 0) is 76.0 Å². The number of Topliss-reactive ketones (excluding diaryl/α,β-unsaturated/α-hetero) is 3. The van der Waals surface area contributed by atoms with Crippen LogP contribution in [0.15, 0.2) is 146 Å². The van der Waals surface area contributed by atoms with E-state index in [0.29, 0.717) is 233 Å². The van der Waals surface area contributed by atoms with Gasteiger partial charge in [-0.05, 0) is 194 Å². The highest BCUT2D eigenvalue weighted by molar-refractivity contribution is 8.02. The molecule has 0 bridgehead atoms. The summed E-state index contributed by atoms with van der Waals surface area (Å²) < 4.78 is 102. The van der Waals surface area contributed by atoms with E-state index in [1.807, 2.05) is 84.2 Å². The number of hydrogen-bond acceptors (Lipinski definition) is 24. The highest BCUT2D eigenvalue weighted by Crippen LogP contribution is 2.28. The summed E-state index contributed by atoms with van der Waals surface area (Å²) in [6, 6.07) is 49.8. The standard InChI is InChI=1S/C19H32O5.C19H28O4.C18H28O4.C17H28O4.C17H28O2S2.C15H24O3/c1-4-17(2)18-5-7-19(8-6-18)24-16-15-23-14-13-22-12-11-21-10-9-20-3;1-4-15(2)17-5-7-19(8-6-17)23-14-11-18(21)10-13-22-12-9-16(3)20;1-4-15(2)17-5-7-18(8-6-17)22-14-13-21-12-11-20-10-9-16(3)19;1-4-15(2)16-5-7-17(8-6-16)21-14-13-20-12-11-19-10-9-18-3;1-4-15(2)16-5-7-17(8-6-16)19-10-12-21-14-13-20-11-9-18-3;1-4-13(2)14-5-7-15(8-6-14)18-12-11-17-10-9-16-3/h5-8,17H,4,9-16H2,1-3H3;5-8,15H,4,9-14H2,1-3H3;5-8,15H,4,9-14H2,1-3H3;2*5-8,15H,4,9-14H2,1-3H3;5-8,13H,4,9-12H2,1-3H3. The SMILES string of the molecule is CCC(C)c1ccc(OCCC(=O)CCOCCC(C)=O)cc1.CCC(C)c1ccc(OCCOCCOC)cc1.CCC(C)c1ccc(OCCOCCOCCC(C)=O)cc1.CCC(C)c1ccc(OCCOCCOCCOC)cc1.CCC(C)c1ccc(OCCOCCOCCOCCOC)cc1.CCC(C)c1ccc(OCCSCCSCCOC)cc1. The number of ether oxygens (including phenoxy) is 19. The van der Waals surface area contributed by atoms with E-state index in [2.05, 4.69) is 168 Å². The topological polar surface area (TPSA) is 227 Å². The maximum Gasteiger partial charge on any atom is 0.138 e. The molecule has 22 nitrogen and oxygen atoms in total. The Bertz CT molecular complexity index is 3420. The van der Waals surface area contributed by atoms with Gasteiger partial charge in [0, 0.05) is 77.1 Å². The second-order valence-corrected chi connectivity index (χ2v) is 33.5. The Balaban J connectivity index is 0.000000775. The fourth-order valence-corrected chi connectivity index (χ4v) is 13.0. The number of rotatable bonds is 72. The first-order valence-corrected chi connectivity index (χ1v) is 49.2. The molecule has 0 amide bonds. The third-order valence-corrected chi connectivity index (χ3v) is 23.0. The van der Waals surface area contributed by atoms with Crippen molar-refractivity contribution in [1.82, 2.24) is 0 Å². The van der Waals surface area contributed by atoms with Gasteiger partial charge in [0.05, 0.1) is 159 Å². The van der Waals surface area contributed by atoms with Crippen molar-refractivity contribution in [2.75, 3.05) is 236 Å². The molecule has 6 aromatic rings. The second kappa shape index (κ2) is 85.5. The van der Waals surface area contributed by atoms with Crippen molar-refractivity contribution in [1.29, 1.82) is 0 Å². The van der Waals surface area contributed by atoms with Gasteiger partial charge >= 0.3 is 0 Å². The van der Waals surface area contributed by atoms with Gasteiger partial charge in [-0.2, -0.15) is 23.5 Å². The average Bonchev–Trinajstić information content (AvgIpc) is 0.924. The lowest BCUT2D eigenvalue weighted by atomic mass is 9.99. The Morgan fingerprint density at radius 1 is 0.217 bits per heavy atom. The van der Waals surface area contributed by atoms with Crippen LogP contribution in [0.1, 0.15) is 230 Å². The van der Waals surface area contributed by atoms with E-state index in [-0.39, 0.29) is 17.3 Å². The minimum absolute atomic E-state index is 0.101. The Morgan fingerprint density at radius 3 is 0.620 bits per heavy atom. The van der Waals surface area contributed by atoms with Crippen molar-refractivity contribution in [3.63, 3.8) is 0 Å². The molecule has 0 saturated carbocycles. The summed E-state index contributed by atoms with van der Waals surface area (Å²) >= 11 is 3.91. The monoisotopic (exact) mass is 1850 g/mol. The zero-order valence-electron chi connectivity index (χ0n) is 82.3. The van der Waals surface area contributed by atoms with Crippen LogP contribution in [0.25, 0.3) is 0 Å². The van der Waals surface area contributed by atoms with Crippen molar-refractivity contribution < 1.29 is 104 Å². The van der Waals surface area contributed by atoms with Crippen molar-refractivity contribution in [3.05, 3.63) is 179 Å². The first kappa shape index (κ1) is 120.